The highest BCUT2D eigenvalue weighted by molar-refractivity contribution is 7.56. The summed E-state index contributed by atoms with van der Waals surface area (Å²) in [5.74, 6) is 0. The van der Waals surface area contributed by atoms with Crippen LogP contribution < -0.4 is 4.67 Å². The smallest absolute Gasteiger partial charge is 0.443 e. The van der Waals surface area contributed by atoms with Crippen molar-refractivity contribution in [1.29, 1.82) is 0 Å². The van der Waals surface area contributed by atoms with Crippen LogP contribution in [-0.2, 0) is 18.3 Å². The summed E-state index contributed by atoms with van der Waals surface area (Å²) in [6.45, 7) is 14.1. The summed E-state index contributed by atoms with van der Waals surface area (Å²) < 4.78 is 31.2. The summed E-state index contributed by atoms with van der Waals surface area (Å²) in [6, 6.07) is 7.08. The normalized spacial score (nSPS) is 12.6. The van der Waals surface area contributed by atoms with E-state index in [1.54, 1.807) is 66.7 Å². The van der Waals surface area contributed by atoms with Crippen LogP contribution >= 0.6 is 7.75 Å². The fourth-order valence-electron chi connectivity index (χ4n) is 2.06. The number of hydrogen-bond acceptors (Lipinski definition) is 5. The Hall–Kier alpha value is -1.36. The van der Waals surface area contributed by atoms with Gasteiger partial charge in [-0.2, -0.15) is 4.67 Å². The molecule has 0 saturated carbocycles. The molecule has 1 amide bonds. The zero-order valence-electron chi connectivity index (χ0n) is 16.4. The van der Waals surface area contributed by atoms with Gasteiger partial charge in [-0.05, 0) is 73.1 Å². The number of carbonyl (C=O) groups excluding carboxylic acids is 1. The molecule has 0 atom stereocenters. The lowest BCUT2D eigenvalue weighted by Gasteiger charge is -2.33. The highest BCUT2D eigenvalue weighted by Gasteiger charge is 2.43. The van der Waals surface area contributed by atoms with Gasteiger partial charge in [0.1, 0.15) is 5.60 Å². The molecule has 0 spiro atoms. The number of amides is 1. The highest BCUT2D eigenvalue weighted by atomic mass is 31.2. The van der Waals surface area contributed by atoms with Crippen LogP contribution in [0.25, 0.3) is 0 Å². The van der Waals surface area contributed by atoms with Crippen molar-refractivity contribution in [3.8, 4) is 0 Å². The van der Waals surface area contributed by atoms with E-state index in [9.17, 15) is 9.36 Å². The van der Waals surface area contributed by atoms with Crippen molar-refractivity contribution in [2.24, 2.45) is 0 Å². The van der Waals surface area contributed by atoms with Gasteiger partial charge in [-0.25, -0.2) is 9.36 Å². The SMILES string of the molecule is Cc1cccc(N(C(=O)OC(C)(C)C)P(=O)(OC(C)C)OC(C)C)c1. The third kappa shape index (κ3) is 6.81. The summed E-state index contributed by atoms with van der Waals surface area (Å²) in [5, 5.41) is 0. The van der Waals surface area contributed by atoms with Crippen LogP contribution in [0.4, 0.5) is 10.5 Å². The molecule has 0 aliphatic rings. The monoisotopic (exact) mass is 371 g/mol. The molecule has 1 aromatic rings. The Kier molecular flexibility index (Phi) is 7.24. The largest absolute Gasteiger partial charge is 0.445 e. The molecule has 1 aromatic carbocycles. The predicted octanol–water partition coefficient (Wildman–Crippen LogP) is 5.69. The first kappa shape index (κ1) is 21.7. The van der Waals surface area contributed by atoms with Crippen molar-refractivity contribution >= 4 is 19.5 Å². The van der Waals surface area contributed by atoms with E-state index in [2.05, 4.69) is 0 Å². The van der Waals surface area contributed by atoms with E-state index in [1.807, 2.05) is 13.0 Å². The zero-order chi connectivity index (χ0) is 19.4. The van der Waals surface area contributed by atoms with Crippen LogP contribution in [0.5, 0.6) is 0 Å². The molecule has 0 unspecified atom stereocenters. The molecular weight excluding hydrogens is 341 g/mol. The lowest BCUT2D eigenvalue weighted by molar-refractivity contribution is 0.0580. The number of benzene rings is 1. The number of carbonyl (C=O) groups is 1. The summed E-state index contributed by atoms with van der Waals surface area (Å²) >= 11 is 0. The first-order valence-electron chi connectivity index (χ1n) is 8.41. The van der Waals surface area contributed by atoms with E-state index >= 15 is 0 Å². The van der Waals surface area contributed by atoms with Gasteiger partial charge in [0.25, 0.3) is 0 Å². The molecule has 0 aliphatic heterocycles. The Morgan fingerprint density at radius 1 is 1.08 bits per heavy atom. The minimum absolute atomic E-state index is 0.402. The van der Waals surface area contributed by atoms with Gasteiger partial charge in [-0.3, -0.25) is 9.05 Å². The summed E-state index contributed by atoms with van der Waals surface area (Å²) in [6.07, 6.45) is -1.58. The van der Waals surface area contributed by atoms with Gasteiger partial charge in [0.2, 0.25) is 0 Å². The van der Waals surface area contributed by atoms with Crippen LogP contribution in [0.1, 0.15) is 54.0 Å². The average molecular weight is 371 g/mol. The molecule has 0 heterocycles. The lowest BCUT2D eigenvalue weighted by Crippen LogP contribution is -2.37. The van der Waals surface area contributed by atoms with Crippen LogP contribution in [0.15, 0.2) is 24.3 Å². The molecule has 7 heteroatoms. The van der Waals surface area contributed by atoms with Gasteiger partial charge in [-0.15, -0.1) is 0 Å². The number of aryl methyl sites for hydroxylation is 1. The molecule has 0 aliphatic carbocycles. The van der Waals surface area contributed by atoms with Crippen LogP contribution in [0, 0.1) is 6.92 Å². The van der Waals surface area contributed by atoms with E-state index in [1.165, 1.54) is 0 Å². The third-order valence-corrected chi connectivity index (χ3v) is 5.01. The van der Waals surface area contributed by atoms with Gasteiger partial charge in [0, 0.05) is 0 Å². The van der Waals surface area contributed by atoms with Crippen molar-refractivity contribution in [1.82, 2.24) is 0 Å². The van der Waals surface area contributed by atoms with Crippen molar-refractivity contribution in [3.05, 3.63) is 29.8 Å². The zero-order valence-corrected chi connectivity index (χ0v) is 17.3. The summed E-state index contributed by atoms with van der Waals surface area (Å²) in [7, 11) is -3.97. The van der Waals surface area contributed by atoms with Crippen LogP contribution in [0.3, 0.4) is 0 Å². The van der Waals surface area contributed by atoms with Crippen LogP contribution in [-0.4, -0.2) is 23.9 Å². The van der Waals surface area contributed by atoms with Gasteiger partial charge in [-0.1, -0.05) is 12.1 Å². The number of nitrogens with zero attached hydrogens (tertiary/aromatic N) is 1. The van der Waals surface area contributed by atoms with Crippen molar-refractivity contribution in [2.45, 2.75) is 73.2 Å². The van der Waals surface area contributed by atoms with E-state index in [0.29, 0.717) is 5.69 Å². The number of rotatable bonds is 6. The quantitative estimate of drug-likeness (QED) is 0.601. The molecule has 0 bridgehead atoms. The molecule has 0 radical (unpaired) electrons. The van der Waals surface area contributed by atoms with E-state index in [-0.39, 0.29) is 0 Å². The predicted molar refractivity (Wildman–Crippen MR) is 99.9 cm³/mol. The second-order valence-electron chi connectivity index (χ2n) is 7.41. The fourth-order valence-corrected chi connectivity index (χ4v) is 4.02. The standard InChI is InChI=1S/C18H30NO5P/c1-13(2)23-25(21,24-14(3)4)19(17(20)22-18(6,7)8)16-11-9-10-15(5)12-16/h9-14H,1-8H3. The minimum atomic E-state index is -3.97. The molecular formula is C18H30NO5P. The Labute approximate surface area is 151 Å². The summed E-state index contributed by atoms with van der Waals surface area (Å²) in [5.41, 5.74) is 0.560. The van der Waals surface area contributed by atoms with Crippen molar-refractivity contribution in [2.75, 3.05) is 4.67 Å². The Morgan fingerprint density at radius 3 is 2.00 bits per heavy atom. The van der Waals surface area contributed by atoms with Crippen molar-refractivity contribution in [3.63, 3.8) is 0 Å². The second kappa shape index (κ2) is 8.35. The molecule has 0 saturated heterocycles. The van der Waals surface area contributed by atoms with Gasteiger partial charge in [0.05, 0.1) is 17.9 Å². The molecule has 25 heavy (non-hydrogen) atoms. The molecule has 142 valence electrons. The lowest BCUT2D eigenvalue weighted by atomic mass is 10.2. The first-order chi connectivity index (χ1) is 11.3. The molecule has 0 N–H and O–H groups in total. The highest BCUT2D eigenvalue weighted by Crippen LogP contribution is 2.56. The average Bonchev–Trinajstić information content (AvgIpc) is 2.33. The Bertz CT molecular complexity index is 623. The minimum Gasteiger partial charge on any atom is -0.443 e. The third-order valence-electron chi connectivity index (χ3n) is 2.75. The molecule has 0 fully saturated rings. The second-order valence-corrected chi connectivity index (χ2v) is 9.17. The maximum Gasteiger partial charge on any atom is 0.445 e. The van der Waals surface area contributed by atoms with Crippen LogP contribution in [0.2, 0.25) is 0 Å². The first-order valence-corrected chi connectivity index (χ1v) is 9.90. The molecule has 6 nitrogen and oxygen atoms in total. The molecule has 1 rings (SSSR count). The van der Waals surface area contributed by atoms with E-state index in [4.69, 9.17) is 13.8 Å². The maximum atomic E-state index is 13.6. The number of hydrogen-bond donors (Lipinski definition) is 0. The van der Waals surface area contributed by atoms with E-state index < -0.39 is 31.6 Å². The van der Waals surface area contributed by atoms with Gasteiger partial charge >= 0.3 is 13.8 Å². The molecule has 0 aromatic heterocycles. The maximum absolute atomic E-state index is 13.6. The summed E-state index contributed by atoms with van der Waals surface area (Å²) in [4.78, 5) is 12.9. The topological polar surface area (TPSA) is 65.1 Å². The van der Waals surface area contributed by atoms with Crippen molar-refractivity contribution < 1.29 is 23.1 Å². The fraction of sp³-hybridized carbons (Fsp3) is 0.611. The number of anilines is 1. The van der Waals surface area contributed by atoms with Gasteiger partial charge in [0.15, 0.2) is 0 Å². The van der Waals surface area contributed by atoms with E-state index in [0.717, 1.165) is 10.2 Å². The Balaban J connectivity index is 3.45. The Morgan fingerprint density at radius 2 is 1.60 bits per heavy atom. The van der Waals surface area contributed by atoms with Gasteiger partial charge < -0.3 is 4.74 Å². The number of ether oxygens (including phenoxy) is 1.